The van der Waals surface area contributed by atoms with E-state index in [1.165, 1.54) is 23.1 Å². The van der Waals surface area contributed by atoms with Gasteiger partial charge in [-0.2, -0.15) is 4.68 Å². The predicted molar refractivity (Wildman–Crippen MR) is 117 cm³/mol. The van der Waals surface area contributed by atoms with Crippen molar-refractivity contribution in [3.8, 4) is 5.69 Å². The number of nitrogens with zero attached hydrogens (tertiary/aromatic N) is 4. The maximum Gasteiger partial charge on any atom is 0.251 e. The van der Waals surface area contributed by atoms with Crippen molar-refractivity contribution in [2.24, 2.45) is 11.7 Å². The van der Waals surface area contributed by atoms with Crippen LogP contribution < -0.4 is 11.1 Å². The maximum absolute atomic E-state index is 12.6. The van der Waals surface area contributed by atoms with E-state index in [-0.39, 0.29) is 11.7 Å². The zero-order valence-electron chi connectivity index (χ0n) is 16.7. The summed E-state index contributed by atoms with van der Waals surface area (Å²) in [6.45, 7) is 4.19. The molecule has 0 saturated carbocycles. The minimum Gasteiger partial charge on any atom is -0.365 e. The Morgan fingerprint density at radius 1 is 1.40 bits per heavy atom. The van der Waals surface area contributed by atoms with Gasteiger partial charge in [0.2, 0.25) is 11.1 Å². The molecular weight excluding hydrogens is 420 g/mol. The van der Waals surface area contributed by atoms with Gasteiger partial charge >= 0.3 is 0 Å². The number of hydrogen-bond donors (Lipinski definition) is 2. The molecule has 2 heterocycles. The van der Waals surface area contributed by atoms with E-state index >= 15 is 0 Å². The Bertz CT molecular complexity index is 1110. The zero-order chi connectivity index (χ0) is 21.3. The van der Waals surface area contributed by atoms with E-state index < -0.39 is 5.91 Å². The Balaban J connectivity index is 1.47. The predicted octanol–water partition coefficient (Wildman–Crippen LogP) is 2.99. The summed E-state index contributed by atoms with van der Waals surface area (Å²) in [6.07, 6.45) is 2.76. The summed E-state index contributed by atoms with van der Waals surface area (Å²) < 4.78 is 1.60. The monoisotopic (exact) mass is 442 g/mol. The minimum absolute atomic E-state index is 0.114. The first-order chi connectivity index (χ1) is 14.4. The van der Waals surface area contributed by atoms with E-state index in [9.17, 15) is 9.59 Å². The Hall–Kier alpha value is -2.72. The number of thioether (sulfide) groups is 1. The Morgan fingerprint density at radius 2 is 2.23 bits per heavy atom. The molecule has 0 bridgehead atoms. The highest BCUT2D eigenvalue weighted by molar-refractivity contribution is 7.99. The molecule has 10 heteroatoms. The van der Waals surface area contributed by atoms with Crippen LogP contribution in [0.4, 0.5) is 5.00 Å². The molecule has 1 aliphatic carbocycles. The number of nitrogens with one attached hydrogen (secondary N) is 1. The minimum atomic E-state index is -0.492. The highest BCUT2D eigenvalue weighted by atomic mass is 32.2. The SMILES string of the molecule is Cc1cccc(-n2nnnc2SCC(=O)Nc2sc3c(c2C(N)=O)CCC(C)C3)c1. The second-order valence-corrected chi connectivity index (χ2v) is 9.52. The molecule has 1 aliphatic rings. The van der Waals surface area contributed by atoms with Crippen molar-refractivity contribution in [1.82, 2.24) is 20.2 Å². The van der Waals surface area contributed by atoms with Gasteiger partial charge in [0.15, 0.2) is 0 Å². The molecule has 1 aromatic carbocycles. The third kappa shape index (κ3) is 4.24. The molecule has 1 atom stereocenters. The number of aryl methyl sites for hydroxylation is 1. The lowest BCUT2D eigenvalue weighted by Crippen LogP contribution is -2.20. The van der Waals surface area contributed by atoms with Crippen molar-refractivity contribution in [2.75, 3.05) is 11.1 Å². The average Bonchev–Trinajstić information content (AvgIpc) is 3.30. The van der Waals surface area contributed by atoms with Crippen LogP contribution in [-0.4, -0.2) is 37.8 Å². The fourth-order valence-corrected chi connectivity index (χ4v) is 5.71. The first-order valence-corrected chi connectivity index (χ1v) is 11.4. The number of primary amides is 1. The second-order valence-electron chi connectivity index (χ2n) is 7.47. The summed E-state index contributed by atoms with van der Waals surface area (Å²) in [6, 6.07) is 7.80. The largest absolute Gasteiger partial charge is 0.365 e. The Kier molecular flexibility index (Phi) is 5.87. The zero-order valence-corrected chi connectivity index (χ0v) is 18.3. The average molecular weight is 443 g/mol. The molecule has 4 rings (SSSR count). The van der Waals surface area contributed by atoms with Crippen LogP contribution in [0, 0.1) is 12.8 Å². The molecule has 8 nitrogen and oxygen atoms in total. The van der Waals surface area contributed by atoms with Gasteiger partial charge < -0.3 is 11.1 Å². The molecule has 156 valence electrons. The van der Waals surface area contributed by atoms with Crippen molar-refractivity contribution in [2.45, 2.75) is 38.3 Å². The van der Waals surface area contributed by atoms with E-state index in [0.29, 0.717) is 21.6 Å². The summed E-state index contributed by atoms with van der Waals surface area (Å²) in [5, 5.41) is 15.7. The van der Waals surface area contributed by atoms with Crippen LogP contribution in [0.25, 0.3) is 5.69 Å². The highest BCUT2D eigenvalue weighted by Crippen LogP contribution is 2.39. The van der Waals surface area contributed by atoms with E-state index in [2.05, 4.69) is 27.8 Å². The first kappa shape index (κ1) is 20.5. The van der Waals surface area contributed by atoms with Gasteiger partial charge in [-0.1, -0.05) is 30.8 Å². The number of rotatable bonds is 6. The maximum atomic E-state index is 12.6. The van der Waals surface area contributed by atoms with Crippen molar-refractivity contribution in [3.63, 3.8) is 0 Å². The quantitative estimate of drug-likeness (QED) is 0.567. The van der Waals surface area contributed by atoms with Gasteiger partial charge in [0.05, 0.1) is 17.0 Å². The molecule has 3 aromatic rings. The fourth-order valence-electron chi connectivity index (χ4n) is 3.58. The molecule has 2 amide bonds. The number of benzene rings is 1. The fraction of sp³-hybridized carbons (Fsp3) is 0.350. The second kappa shape index (κ2) is 8.57. The number of amides is 2. The molecule has 0 spiro atoms. The number of carbonyl (C=O) groups is 2. The van der Waals surface area contributed by atoms with Crippen LogP contribution >= 0.6 is 23.1 Å². The molecule has 30 heavy (non-hydrogen) atoms. The number of tetrazole rings is 1. The van der Waals surface area contributed by atoms with E-state index in [0.717, 1.165) is 41.0 Å². The lowest BCUT2D eigenvalue weighted by Gasteiger charge is -2.18. The van der Waals surface area contributed by atoms with E-state index in [4.69, 9.17) is 5.73 Å². The van der Waals surface area contributed by atoms with Gasteiger partial charge in [-0.05, 0) is 65.8 Å². The van der Waals surface area contributed by atoms with Gasteiger partial charge in [-0.3, -0.25) is 9.59 Å². The van der Waals surface area contributed by atoms with Crippen LogP contribution in [0.5, 0.6) is 0 Å². The number of hydrogen-bond acceptors (Lipinski definition) is 7. The summed E-state index contributed by atoms with van der Waals surface area (Å²) in [5.41, 5.74) is 9.00. The number of fused-ring (bicyclic) bond motifs is 1. The van der Waals surface area contributed by atoms with Crippen LogP contribution in [-0.2, 0) is 17.6 Å². The molecule has 0 saturated heterocycles. The number of thiophene rings is 1. The van der Waals surface area contributed by atoms with Gasteiger partial charge in [0.1, 0.15) is 5.00 Å². The van der Waals surface area contributed by atoms with Gasteiger partial charge in [-0.15, -0.1) is 16.4 Å². The van der Waals surface area contributed by atoms with Crippen LogP contribution in [0.15, 0.2) is 29.4 Å². The lowest BCUT2D eigenvalue weighted by atomic mass is 9.88. The topological polar surface area (TPSA) is 116 Å². The van der Waals surface area contributed by atoms with Crippen LogP contribution in [0.1, 0.15) is 39.7 Å². The molecule has 2 aromatic heterocycles. The lowest BCUT2D eigenvalue weighted by molar-refractivity contribution is -0.113. The van der Waals surface area contributed by atoms with E-state index in [1.54, 1.807) is 4.68 Å². The van der Waals surface area contributed by atoms with Crippen molar-refractivity contribution >= 4 is 39.9 Å². The number of anilines is 1. The molecule has 0 fully saturated rings. The third-order valence-corrected chi connectivity index (χ3v) is 7.12. The summed E-state index contributed by atoms with van der Waals surface area (Å²) in [4.78, 5) is 25.8. The van der Waals surface area contributed by atoms with Gasteiger partial charge in [0, 0.05) is 4.88 Å². The highest BCUT2D eigenvalue weighted by Gasteiger charge is 2.27. The first-order valence-electron chi connectivity index (χ1n) is 9.64. The number of aromatic nitrogens is 4. The molecule has 0 aliphatic heterocycles. The summed E-state index contributed by atoms with van der Waals surface area (Å²) >= 11 is 2.69. The molecule has 1 unspecified atom stereocenters. The van der Waals surface area contributed by atoms with Crippen molar-refractivity contribution in [3.05, 3.63) is 45.8 Å². The van der Waals surface area contributed by atoms with Crippen LogP contribution in [0.2, 0.25) is 0 Å². The normalized spacial score (nSPS) is 15.6. The smallest absolute Gasteiger partial charge is 0.251 e. The van der Waals surface area contributed by atoms with Gasteiger partial charge in [-0.25, -0.2) is 0 Å². The van der Waals surface area contributed by atoms with Crippen LogP contribution in [0.3, 0.4) is 0 Å². The Labute approximate surface area is 182 Å². The third-order valence-electron chi connectivity index (χ3n) is 5.03. The number of carbonyl (C=O) groups excluding carboxylic acids is 2. The summed E-state index contributed by atoms with van der Waals surface area (Å²) in [7, 11) is 0. The van der Waals surface area contributed by atoms with Crippen molar-refractivity contribution < 1.29 is 9.59 Å². The van der Waals surface area contributed by atoms with E-state index in [1.807, 2.05) is 31.2 Å². The molecule has 0 radical (unpaired) electrons. The van der Waals surface area contributed by atoms with Crippen molar-refractivity contribution in [1.29, 1.82) is 0 Å². The standard InChI is InChI=1S/C20H22N6O2S2/c1-11-4-3-5-13(8-11)26-20(23-24-25-26)29-10-16(27)22-19-17(18(21)28)14-7-6-12(2)9-15(14)30-19/h3-5,8,12H,6-7,9-10H2,1-2H3,(H2,21,28)(H,22,27). The Morgan fingerprint density at radius 3 is 3.00 bits per heavy atom. The summed E-state index contributed by atoms with van der Waals surface area (Å²) in [5.74, 6) is -0.0404. The number of nitrogens with two attached hydrogens (primary N) is 1. The van der Waals surface area contributed by atoms with Gasteiger partial charge in [0.25, 0.3) is 5.91 Å². The molecule has 3 N–H and O–H groups in total. The molecular formula is C20H22N6O2S2.